The summed E-state index contributed by atoms with van der Waals surface area (Å²) in [4.78, 5) is 0. The second-order valence-electron chi connectivity index (χ2n) is 3.57. The van der Waals surface area contributed by atoms with E-state index in [1.165, 1.54) is 30.3 Å². The summed E-state index contributed by atoms with van der Waals surface area (Å²) in [5, 5.41) is 0. The first-order valence-electron chi connectivity index (χ1n) is 5.07. The van der Waals surface area contributed by atoms with Gasteiger partial charge < -0.3 is 5.73 Å². The summed E-state index contributed by atoms with van der Waals surface area (Å²) in [5.74, 6) is -2.48. The molecule has 0 saturated heterocycles. The van der Waals surface area contributed by atoms with Crippen molar-refractivity contribution in [3.05, 3.63) is 59.4 Å². The molecule has 2 aromatic rings. The van der Waals surface area contributed by atoms with Gasteiger partial charge in [0.05, 0.1) is 0 Å². The van der Waals surface area contributed by atoms with Gasteiger partial charge in [-0.2, -0.15) is 0 Å². The van der Waals surface area contributed by atoms with Crippen LogP contribution in [-0.2, 0) is 6.54 Å². The molecule has 0 aliphatic heterocycles. The van der Waals surface area contributed by atoms with Crippen molar-refractivity contribution in [3.63, 3.8) is 0 Å². The second kappa shape index (κ2) is 4.59. The van der Waals surface area contributed by atoms with Crippen molar-refractivity contribution in [2.45, 2.75) is 6.54 Å². The summed E-state index contributed by atoms with van der Waals surface area (Å²) >= 11 is 0. The molecule has 0 aliphatic rings. The molecule has 0 spiro atoms. The van der Waals surface area contributed by atoms with Crippen LogP contribution in [0.15, 0.2) is 36.4 Å². The monoisotopic (exact) mass is 237 g/mol. The van der Waals surface area contributed by atoms with Gasteiger partial charge in [0.2, 0.25) is 0 Å². The molecule has 0 unspecified atom stereocenters. The van der Waals surface area contributed by atoms with Gasteiger partial charge in [-0.15, -0.1) is 0 Å². The minimum absolute atomic E-state index is 0.0185. The van der Waals surface area contributed by atoms with E-state index in [0.29, 0.717) is 0 Å². The second-order valence-corrected chi connectivity index (χ2v) is 3.57. The van der Waals surface area contributed by atoms with Gasteiger partial charge in [-0.25, -0.2) is 13.2 Å². The highest BCUT2D eigenvalue weighted by atomic mass is 19.2. The van der Waals surface area contributed by atoms with E-state index in [9.17, 15) is 13.2 Å². The van der Waals surface area contributed by atoms with Gasteiger partial charge in [0.25, 0.3) is 0 Å². The maximum Gasteiger partial charge on any atom is 0.166 e. The third-order valence-corrected chi connectivity index (χ3v) is 2.56. The van der Waals surface area contributed by atoms with Crippen LogP contribution in [0.25, 0.3) is 11.1 Å². The number of hydrogen-bond donors (Lipinski definition) is 1. The van der Waals surface area contributed by atoms with Gasteiger partial charge in [-0.1, -0.05) is 24.3 Å². The molecule has 0 aromatic heterocycles. The summed E-state index contributed by atoms with van der Waals surface area (Å²) in [6, 6.07) is 7.98. The third kappa shape index (κ3) is 2.03. The maximum absolute atomic E-state index is 13.6. The smallest absolute Gasteiger partial charge is 0.166 e. The first-order chi connectivity index (χ1) is 8.15. The van der Waals surface area contributed by atoms with Crippen LogP contribution in [0.5, 0.6) is 0 Å². The summed E-state index contributed by atoms with van der Waals surface area (Å²) < 4.78 is 40.2. The first kappa shape index (κ1) is 11.7. The fourth-order valence-corrected chi connectivity index (χ4v) is 1.73. The SMILES string of the molecule is NCc1c(F)cccc1-c1cccc(F)c1F. The van der Waals surface area contributed by atoms with E-state index in [2.05, 4.69) is 0 Å². The van der Waals surface area contributed by atoms with Crippen LogP contribution in [-0.4, -0.2) is 0 Å². The van der Waals surface area contributed by atoms with Crippen LogP contribution in [0.1, 0.15) is 5.56 Å². The number of nitrogens with two attached hydrogens (primary N) is 1. The average molecular weight is 237 g/mol. The van der Waals surface area contributed by atoms with Crippen LogP contribution < -0.4 is 5.73 Å². The van der Waals surface area contributed by atoms with Gasteiger partial charge in [0.15, 0.2) is 11.6 Å². The number of benzene rings is 2. The molecular weight excluding hydrogens is 227 g/mol. The first-order valence-corrected chi connectivity index (χ1v) is 5.07. The lowest BCUT2D eigenvalue weighted by Gasteiger charge is -2.10. The zero-order chi connectivity index (χ0) is 12.4. The summed E-state index contributed by atoms with van der Waals surface area (Å²) in [6.07, 6.45) is 0. The van der Waals surface area contributed by atoms with Crippen LogP contribution >= 0.6 is 0 Å². The Labute approximate surface area is 96.7 Å². The predicted octanol–water partition coefficient (Wildman–Crippen LogP) is 3.23. The molecule has 0 atom stereocenters. The maximum atomic E-state index is 13.6. The van der Waals surface area contributed by atoms with E-state index in [1.54, 1.807) is 0 Å². The highest BCUT2D eigenvalue weighted by Crippen LogP contribution is 2.28. The molecule has 0 heterocycles. The van der Waals surface area contributed by atoms with Crippen LogP contribution in [0.3, 0.4) is 0 Å². The number of halogens is 3. The van der Waals surface area contributed by atoms with E-state index in [-0.39, 0.29) is 23.2 Å². The summed E-state index contributed by atoms with van der Waals surface area (Å²) in [5.41, 5.74) is 5.90. The molecule has 17 heavy (non-hydrogen) atoms. The standard InChI is InChI=1S/C13H10F3N/c14-11-5-1-3-8(10(11)7-17)9-4-2-6-12(15)13(9)16/h1-6H,7,17H2. The molecule has 0 bridgehead atoms. The molecule has 1 nitrogen and oxygen atoms in total. The molecule has 2 N–H and O–H groups in total. The molecule has 88 valence electrons. The fourth-order valence-electron chi connectivity index (χ4n) is 1.73. The van der Waals surface area contributed by atoms with E-state index in [0.717, 1.165) is 6.07 Å². The van der Waals surface area contributed by atoms with Crippen molar-refractivity contribution < 1.29 is 13.2 Å². The van der Waals surface area contributed by atoms with Gasteiger partial charge in [-0.3, -0.25) is 0 Å². The fraction of sp³-hybridized carbons (Fsp3) is 0.0769. The Balaban J connectivity index is 2.68. The molecule has 2 rings (SSSR count). The zero-order valence-electron chi connectivity index (χ0n) is 8.88. The summed E-state index contributed by atoms with van der Waals surface area (Å²) in [7, 11) is 0. The van der Waals surface area contributed by atoms with Crippen LogP contribution in [0.2, 0.25) is 0 Å². The van der Waals surface area contributed by atoms with Crippen molar-refractivity contribution in [1.29, 1.82) is 0 Å². The number of hydrogen-bond acceptors (Lipinski definition) is 1. The Bertz CT molecular complexity index is 552. The van der Waals surface area contributed by atoms with Crippen molar-refractivity contribution in [2.75, 3.05) is 0 Å². The van der Waals surface area contributed by atoms with E-state index >= 15 is 0 Å². The quantitative estimate of drug-likeness (QED) is 0.852. The highest BCUT2D eigenvalue weighted by molar-refractivity contribution is 5.68. The minimum Gasteiger partial charge on any atom is -0.326 e. The average Bonchev–Trinajstić information content (AvgIpc) is 2.32. The molecule has 2 aromatic carbocycles. The lowest BCUT2D eigenvalue weighted by Crippen LogP contribution is -2.03. The van der Waals surface area contributed by atoms with Gasteiger partial charge in [0, 0.05) is 17.7 Å². The van der Waals surface area contributed by atoms with Crippen molar-refractivity contribution >= 4 is 0 Å². The number of rotatable bonds is 2. The van der Waals surface area contributed by atoms with Crippen molar-refractivity contribution in [1.82, 2.24) is 0 Å². The Hall–Kier alpha value is -1.81. The Morgan fingerprint density at radius 3 is 2.06 bits per heavy atom. The van der Waals surface area contributed by atoms with Crippen molar-refractivity contribution in [3.8, 4) is 11.1 Å². The van der Waals surface area contributed by atoms with Crippen LogP contribution in [0, 0.1) is 17.5 Å². The van der Waals surface area contributed by atoms with E-state index in [1.807, 2.05) is 0 Å². The van der Waals surface area contributed by atoms with Gasteiger partial charge in [-0.05, 0) is 17.7 Å². The van der Waals surface area contributed by atoms with E-state index in [4.69, 9.17) is 5.73 Å². The predicted molar refractivity (Wildman–Crippen MR) is 59.6 cm³/mol. The topological polar surface area (TPSA) is 26.0 Å². The largest absolute Gasteiger partial charge is 0.326 e. The van der Waals surface area contributed by atoms with Gasteiger partial charge >= 0.3 is 0 Å². The molecular formula is C13H10F3N. The lowest BCUT2D eigenvalue weighted by molar-refractivity contribution is 0.511. The minimum atomic E-state index is -0.993. The lowest BCUT2D eigenvalue weighted by atomic mass is 9.98. The molecule has 0 aliphatic carbocycles. The molecule has 0 saturated carbocycles. The molecule has 4 heteroatoms. The Morgan fingerprint density at radius 2 is 1.41 bits per heavy atom. The van der Waals surface area contributed by atoms with Crippen molar-refractivity contribution in [2.24, 2.45) is 5.73 Å². The normalized spacial score (nSPS) is 10.6. The Morgan fingerprint density at radius 1 is 0.824 bits per heavy atom. The van der Waals surface area contributed by atoms with E-state index < -0.39 is 17.5 Å². The third-order valence-electron chi connectivity index (χ3n) is 2.56. The molecule has 0 radical (unpaired) electrons. The summed E-state index contributed by atoms with van der Waals surface area (Å²) in [6.45, 7) is -0.0715. The molecule has 0 fully saturated rings. The molecule has 0 amide bonds. The van der Waals surface area contributed by atoms with Crippen LogP contribution in [0.4, 0.5) is 13.2 Å². The van der Waals surface area contributed by atoms with Gasteiger partial charge in [0.1, 0.15) is 5.82 Å². The Kier molecular flexibility index (Phi) is 3.15. The highest BCUT2D eigenvalue weighted by Gasteiger charge is 2.14. The zero-order valence-corrected chi connectivity index (χ0v) is 8.88.